The first kappa shape index (κ1) is 18.7. The van der Waals surface area contributed by atoms with Crippen LogP contribution in [0.25, 0.3) is 0 Å². The summed E-state index contributed by atoms with van der Waals surface area (Å²) < 4.78 is 13.6. The van der Waals surface area contributed by atoms with Crippen LogP contribution in [0.15, 0.2) is 18.2 Å². The third kappa shape index (κ3) is 4.48. The van der Waals surface area contributed by atoms with Crippen molar-refractivity contribution in [3.63, 3.8) is 0 Å². The van der Waals surface area contributed by atoms with Gasteiger partial charge in [-0.1, -0.05) is 6.07 Å². The summed E-state index contributed by atoms with van der Waals surface area (Å²) in [6, 6.07) is 4.03. The zero-order valence-electron chi connectivity index (χ0n) is 14.1. The van der Waals surface area contributed by atoms with Crippen LogP contribution in [-0.2, 0) is 4.79 Å². The van der Waals surface area contributed by atoms with E-state index in [9.17, 15) is 14.0 Å². The van der Waals surface area contributed by atoms with Gasteiger partial charge in [0.05, 0.1) is 6.04 Å². The minimum absolute atomic E-state index is 0.0578. The van der Waals surface area contributed by atoms with Crippen LogP contribution in [-0.4, -0.2) is 65.8 Å². The van der Waals surface area contributed by atoms with Crippen LogP contribution in [0.5, 0.6) is 0 Å². The summed E-state index contributed by atoms with van der Waals surface area (Å²) >= 11 is 1.66. The summed E-state index contributed by atoms with van der Waals surface area (Å²) in [5.41, 5.74) is 6.78. The van der Waals surface area contributed by atoms with Gasteiger partial charge in [0.15, 0.2) is 0 Å². The number of carbonyl (C=O) groups excluding carboxylic acids is 2. The number of nitrogens with zero attached hydrogens (tertiary/aromatic N) is 2. The van der Waals surface area contributed by atoms with Gasteiger partial charge in [0, 0.05) is 31.7 Å². The average Bonchev–Trinajstić information content (AvgIpc) is 2.60. The molecule has 5 nitrogen and oxygen atoms in total. The van der Waals surface area contributed by atoms with E-state index in [1.54, 1.807) is 40.6 Å². The van der Waals surface area contributed by atoms with Crippen LogP contribution >= 0.6 is 11.8 Å². The van der Waals surface area contributed by atoms with E-state index < -0.39 is 6.04 Å². The van der Waals surface area contributed by atoms with Gasteiger partial charge in [-0.15, -0.1) is 0 Å². The molecule has 0 radical (unpaired) electrons. The fourth-order valence-electron chi connectivity index (χ4n) is 2.64. The summed E-state index contributed by atoms with van der Waals surface area (Å²) in [5, 5.41) is 0. The molecule has 1 aromatic rings. The summed E-state index contributed by atoms with van der Waals surface area (Å²) in [6.07, 6.45) is 2.64. The Kier molecular flexibility index (Phi) is 6.62. The number of hydrogen-bond acceptors (Lipinski definition) is 4. The Morgan fingerprint density at radius 3 is 2.46 bits per heavy atom. The fraction of sp³-hybridized carbons (Fsp3) is 0.529. The summed E-state index contributed by atoms with van der Waals surface area (Å²) in [5.74, 6) is 0.212. The second-order valence-electron chi connectivity index (χ2n) is 5.97. The molecule has 1 saturated heterocycles. The Morgan fingerprint density at radius 1 is 1.25 bits per heavy atom. The van der Waals surface area contributed by atoms with Gasteiger partial charge < -0.3 is 15.5 Å². The Labute approximate surface area is 146 Å². The van der Waals surface area contributed by atoms with Crippen molar-refractivity contribution in [2.45, 2.75) is 19.4 Å². The molecule has 132 valence electrons. The third-order valence-electron chi connectivity index (χ3n) is 4.25. The van der Waals surface area contributed by atoms with Gasteiger partial charge in [0.25, 0.3) is 5.91 Å². The van der Waals surface area contributed by atoms with Gasteiger partial charge >= 0.3 is 0 Å². The number of benzene rings is 1. The van der Waals surface area contributed by atoms with Crippen molar-refractivity contribution in [1.82, 2.24) is 9.80 Å². The zero-order valence-corrected chi connectivity index (χ0v) is 14.9. The van der Waals surface area contributed by atoms with Crippen molar-refractivity contribution in [1.29, 1.82) is 0 Å². The molecule has 24 heavy (non-hydrogen) atoms. The van der Waals surface area contributed by atoms with Gasteiger partial charge in [-0.05, 0) is 43.0 Å². The van der Waals surface area contributed by atoms with Crippen LogP contribution < -0.4 is 5.73 Å². The third-order valence-corrected chi connectivity index (χ3v) is 4.89. The molecule has 0 aromatic heterocycles. The van der Waals surface area contributed by atoms with E-state index in [2.05, 4.69) is 0 Å². The Morgan fingerprint density at radius 2 is 1.88 bits per heavy atom. The Hall–Kier alpha value is -1.60. The molecule has 1 fully saturated rings. The minimum atomic E-state index is -0.481. The van der Waals surface area contributed by atoms with Gasteiger partial charge in [0.1, 0.15) is 5.82 Å². The monoisotopic (exact) mass is 353 g/mol. The van der Waals surface area contributed by atoms with Crippen molar-refractivity contribution in [3.8, 4) is 0 Å². The van der Waals surface area contributed by atoms with E-state index in [1.807, 2.05) is 6.26 Å². The van der Waals surface area contributed by atoms with E-state index in [-0.39, 0.29) is 17.6 Å². The van der Waals surface area contributed by atoms with Gasteiger partial charge in [-0.2, -0.15) is 11.8 Å². The van der Waals surface area contributed by atoms with Crippen molar-refractivity contribution in [2.24, 2.45) is 5.73 Å². The molecule has 1 heterocycles. The molecule has 1 atom stereocenters. The molecule has 0 aliphatic carbocycles. The number of amides is 2. The highest BCUT2D eigenvalue weighted by atomic mass is 32.2. The average molecular weight is 353 g/mol. The first-order valence-electron chi connectivity index (χ1n) is 8.02. The van der Waals surface area contributed by atoms with Gasteiger partial charge in [-0.3, -0.25) is 9.59 Å². The summed E-state index contributed by atoms with van der Waals surface area (Å²) in [7, 11) is 0. The van der Waals surface area contributed by atoms with Crippen molar-refractivity contribution in [2.75, 3.05) is 38.2 Å². The lowest BCUT2D eigenvalue weighted by Gasteiger charge is -2.36. The molecular weight excluding hydrogens is 329 g/mol. The van der Waals surface area contributed by atoms with E-state index in [1.165, 1.54) is 6.07 Å². The standard InChI is InChI=1S/C17H24FN3O2S/c1-12-3-4-13(11-14(12)18)16(22)20-6-8-21(9-7-20)17(23)15(19)5-10-24-2/h3-4,11,15H,5-10,19H2,1-2H3/t15-/m0/s1. The van der Waals surface area contributed by atoms with Crippen LogP contribution in [0.4, 0.5) is 4.39 Å². The van der Waals surface area contributed by atoms with Crippen molar-refractivity contribution < 1.29 is 14.0 Å². The highest BCUT2D eigenvalue weighted by Crippen LogP contribution is 2.14. The number of nitrogens with two attached hydrogens (primary N) is 1. The fourth-order valence-corrected chi connectivity index (χ4v) is 3.13. The number of halogens is 1. The first-order chi connectivity index (χ1) is 11.4. The number of hydrogen-bond donors (Lipinski definition) is 1. The minimum Gasteiger partial charge on any atom is -0.338 e. The van der Waals surface area contributed by atoms with Crippen molar-refractivity contribution in [3.05, 3.63) is 35.1 Å². The van der Waals surface area contributed by atoms with Gasteiger partial charge in [-0.25, -0.2) is 4.39 Å². The van der Waals surface area contributed by atoms with E-state index in [0.717, 1.165) is 5.75 Å². The Balaban J connectivity index is 1.91. The van der Waals surface area contributed by atoms with Crippen LogP contribution in [0, 0.1) is 12.7 Å². The maximum Gasteiger partial charge on any atom is 0.254 e. The van der Waals surface area contributed by atoms with Crippen LogP contribution in [0.1, 0.15) is 22.3 Å². The van der Waals surface area contributed by atoms with E-state index >= 15 is 0 Å². The Bertz CT molecular complexity index is 603. The lowest BCUT2D eigenvalue weighted by Crippen LogP contribution is -2.54. The molecule has 1 aliphatic heterocycles. The quantitative estimate of drug-likeness (QED) is 0.871. The number of carbonyl (C=O) groups is 2. The smallest absolute Gasteiger partial charge is 0.254 e. The molecule has 1 aromatic carbocycles. The highest BCUT2D eigenvalue weighted by Gasteiger charge is 2.27. The van der Waals surface area contributed by atoms with Gasteiger partial charge in [0.2, 0.25) is 5.91 Å². The topological polar surface area (TPSA) is 66.6 Å². The maximum absolute atomic E-state index is 13.6. The summed E-state index contributed by atoms with van der Waals surface area (Å²) in [4.78, 5) is 28.1. The molecule has 0 unspecified atom stereocenters. The lowest BCUT2D eigenvalue weighted by molar-refractivity contribution is -0.134. The molecule has 0 bridgehead atoms. The molecule has 1 aliphatic rings. The molecule has 0 spiro atoms. The number of aryl methyl sites for hydroxylation is 1. The normalized spacial score (nSPS) is 16.2. The second kappa shape index (κ2) is 8.48. The number of thioether (sulfide) groups is 1. The largest absolute Gasteiger partial charge is 0.338 e. The van der Waals surface area contributed by atoms with Crippen LogP contribution in [0.2, 0.25) is 0 Å². The van der Waals surface area contributed by atoms with E-state index in [4.69, 9.17) is 5.73 Å². The molecule has 2 rings (SSSR count). The molecule has 7 heteroatoms. The SMILES string of the molecule is CSCC[C@H](N)C(=O)N1CCN(C(=O)c2ccc(C)c(F)c2)CC1. The second-order valence-corrected chi connectivity index (χ2v) is 6.96. The number of rotatable bonds is 5. The predicted molar refractivity (Wildman–Crippen MR) is 94.6 cm³/mol. The summed E-state index contributed by atoms with van der Waals surface area (Å²) in [6.45, 7) is 3.47. The predicted octanol–water partition coefficient (Wildman–Crippen LogP) is 1.50. The van der Waals surface area contributed by atoms with Crippen molar-refractivity contribution >= 4 is 23.6 Å². The molecular formula is C17H24FN3O2S. The molecule has 2 amide bonds. The lowest BCUT2D eigenvalue weighted by atomic mass is 10.1. The first-order valence-corrected chi connectivity index (χ1v) is 9.42. The molecule has 2 N–H and O–H groups in total. The van der Waals surface area contributed by atoms with E-state index in [0.29, 0.717) is 43.7 Å². The molecule has 0 saturated carbocycles. The van der Waals surface area contributed by atoms with Crippen LogP contribution in [0.3, 0.4) is 0 Å². The zero-order chi connectivity index (χ0) is 17.7. The highest BCUT2D eigenvalue weighted by molar-refractivity contribution is 7.98. The maximum atomic E-state index is 13.6. The number of piperazine rings is 1.